The first-order valence-corrected chi connectivity index (χ1v) is 11.4. The minimum atomic E-state index is -0.984. The Morgan fingerprint density at radius 2 is 1.91 bits per heavy atom. The molecule has 8 heteroatoms. The second kappa shape index (κ2) is 7.85. The van der Waals surface area contributed by atoms with Crippen LogP contribution in [0.2, 0.25) is 0 Å². The van der Waals surface area contributed by atoms with E-state index in [2.05, 4.69) is 16.7 Å². The van der Waals surface area contributed by atoms with Crippen molar-refractivity contribution < 1.29 is 23.1 Å². The van der Waals surface area contributed by atoms with E-state index in [9.17, 15) is 18.4 Å². The Bertz CT molecular complexity index is 1200. The quantitative estimate of drug-likeness (QED) is 0.568. The third kappa shape index (κ3) is 3.62. The van der Waals surface area contributed by atoms with Crippen molar-refractivity contribution in [3.8, 4) is 5.75 Å². The maximum Gasteiger partial charge on any atom is 0.316 e. The van der Waals surface area contributed by atoms with Crippen LogP contribution >= 0.6 is 11.3 Å². The molecule has 166 valence electrons. The highest BCUT2D eigenvalue weighted by Gasteiger charge is 2.47. The number of rotatable bonds is 5. The number of hydrogen-bond donors (Lipinski definition) is 2. The Labute approximate surface area is 187 Å². The first-order valence-electron chi connectivity index (χ1n) is 10.5. The fraction of sp³-hybridized carbons (Fsp3) is 0.333. The van der Waals surface area contributed by atoms with Crippen LogP contribution in [0, 0.1) is 11.6 Å². The maximum absolute atomic E-state index is 14.6. The second-order valence-corrected chi connectivity index (χ2v) is 9.40. The minimum Gasteiger partial charge on any atom is -0.497 e. The van der Waals surface area contributed by atoms with Gasteiger partial charge in [-0.2, -0.15) is 0 Å². The topological polar surface area (TPSA) is 67.4 Å². The third-order valence-corrected chi connectivity index (χ3v) is 7.40. The highest BCUT2D eigenvalue weighted by molar-refractivity contribution is 7.17. The lowest BCUT2D eigenvalue weighted by atomic mass is 9.92. The van der Waals surface area contributed by atoms with Crippen LogP contribution in [0.5, 0.6) is 5.75 Å². The van der Waals surface area contributed by atoms with Gasteiger partial charge in [-0.25, -0.2) is 13.6 Å². The lowest BCUT2D eigenvalue weighted by Gasteiger charge is -2.24. The molecule has 5 nitrogen and oxygen atoms in total. The number of fused-ring (bicyclic) bond motifs is 1. The van der Waals surface area contributed by atoms with Gasteiger partial charge in [0, 0.05) is 34.7 Å². The number of urea groups is 1. The molecule has 1 heterocycles. The molecule has 2 fully saturated rings. The highest BCUT2D eigenvalue weighted by atomic mass is 32.1. The Morgan fingerprint density at radius 1 is 1.16 bits per heavy atom. The summed E-state index contributed by atoms with van der Waals surface area (Å²) >= 11 is 1.66. The summed E-state index contributed by atoms with van der Waals surface area (Å²) in [6.07, 6.45) is 2.00. The predicted octanol–water partition coefficient (Wildman–Crippen LogP) is 4.99. The first-order chi connectivity index (χ1) is 15.4. The number of carbonyl (C=O) groups is 2. The summed E-state index contributed by atoms with van der Waals surface area (Å²) < 4.78 is 35.3. The molecule has 1 aromatic heterocycles. The van der Waals surface area contributed by atoms with Crippen LogP contribution in [0.3, 0.4) is 0 Å². The summed E-state index contributed by atoms with van der Waals surface area (Å²) in [5.74, 6) is -2.50. The van der Waals surface area contributed by atoms with Gasteiger partial charge in [0.2, 0.25) is 0 Å². The SMILES string of the molecule is COc1cc(F)c([C@@H]2CCC(=O)[C@H]2NC(=O)NC2(c3ccc4sccc4c3)CC2)c(F)c1. The van der Waals surface area contributed by atoms with Gasteiger partial charge >= 0.3 is 6.03 Å². The zero-order chi connectivity index (χ0) is 22.5. The molecular weight excluding hydrogens is 434 g/mol. The number of Topliss-reactive ketones (excluding diaryl/α,β-unsaturated/α-hetero) is 1. The van der Waals surface area contributed by atoms with Crippen molar-refractivity contribution in [1.29, 1.82) is 0 Å². The standard InChI is InChI=1S/C24H22F2N2O3S/c1-31-15-11-17(25)21(18(26)12-15)16-3-4-19(29)22(16)27-23(30)28-24(7-8-24)14-2-5-20-13(10-14)6-9-32-20/h2,5-6,9-12,16,22H,3-4,7-8H2,1H3,(H2,27,28,30)/t16-,22-/m0/s1. The van der Waals surface area contributed by atoms with Gasteiger partial charge in [0.15, 0.2) is 5.78 Å². The van der Waals surface area contributed by atoms with Crippen molar-refractivity contribution in [3.05, 3.63) is 64.5 Å². The number of nitrogens with one attached hydrogen (secondary N) is 2. The number of ether oxygens (including phenoxy) is 1. The number of carbonyl (C=O) groups excluding carboxylic acids is 2. The normalized spacial score (nSPS) is 21.5. The van der Waals surface area contributed by atoms with E-state index < -0.39 is 35.2 Å². The van der Waals surface area contributed by atoms with E-state index in [-0.39, 0.29) is 29.9 Å². The molecule has 2 saturated carbocycles. The van der Waals surface area contributed by atoms with Crippen LogP contribution in [0.15, 0.2) is 41.8 Å². The van der Waals surface area contributed by atoms with Crippen molar-refractivity contribution >= 4 is 33.2 Å². The fourth-order valence-electron chi connectivity index (χ4n) is 4.64. The molecule has 2 N–H and O–H groups in total. The Balaban J connectivity index is 1.34. The lowest BCUT2D eigenvalue weighted by molar-refractivity contribution is -0.119. The van der Waals surface area contributed by atoms with E-state index in [0.29, 0.717) is 0 Å². The van der Waals surface area contributed by atoms with Crippen LogP contribution in [0.25, 0.3) is 10.1 Å². The highest BCUT2D eigenvalue weighted by Crippen LogP contribution is 2.46. The van der Waals surface area contributed by atoms with Crippen molar-refractivity contribution in [3.63, 3.8) is 0 Å². The van der Waals surface area contributed by atoms with Gasteiger partial charge < -0.3 is 15.4 Å². The lowest BCUT2D eigenvalue weighted by Crippen LogP contribution is -2.49. The molecule has 32 heavy (non-hydrogen) atoms. The molecule has 2 amide bonds. The summed E-state index contributed by atoms with van der Waals surface area (Å²) in [7, 11) is 1.32. The molecule has 0 aliphatic heterocycles. The number of methoxy groups -OCH3 is 1. The first kappa shape index (κ1) is 20.9. The molecule has 2 aliphatic carbocycles. The van der Waals surface area contributed by atoms with Crippen LogP contribution in [0.4, 0.5) is 13.6 Å². The van der Waals surface area contributed by atoms with Gasteiger partial charge in [0.05, 0.1) is 18.7 Å². The minimum absolute atomic E-state index is 0.0635. The van der Waals surface area contributed by atoms with E-state index in [0.717, 1.165) is 35.9 Å². The van der Waals surface area contributed by atoms with Gasteiger partial charge in [0.25, 0.3) is 0 Å². The smallest absolute Gasteiger partial charge is 0.316 e. The van der Waals surface area contributed by atoms with Gasteiger partial charge in [-0.3, -0.25) is 4.79 Å². The Hall–Kier alpha value is -3.00. The number of benzene rings is 2. The molecule has 2 aliphatic rings. The molecule has 3 aromatic rings. The van der Waals surface area contributed by atoms with Crippen molar-refractivity contribution in [1.82, 2.24) is 10.6 Å². The summed E-state index contributed by atoms with van der Waals surface area (Å²) in [6, 6.07) is 8.87. The van der Waals surface area contributed by atoms with E-state index in [1.165, 1.54) is 11.8 Å². The van der Waals surface area contributed by atoms with Gasteiger partial charge in [-0.05, 0) is 53.8 Å². The summed E-state index contributed by atoms with van der Waals surface area (Å²) in [4.78, 5) is 25.4. The Kier molecular flexibility index (Phi) is 5.12. The van der Waals surface area contributed by atoms with Gasteiger partial charge in [-0.1, -0.05) is 6.07 Å². The van der Waals surface area contributed by atoms with E-state index >= 15 is 0 Å². The van der Waals surface area contributed by atoms with Crippen LogP contribution in [0.1, 0.15) is 42.7 Å². The zero-order valence-corrected chi connectivity index (χ0v) is 18.2. The van der Waals surface area contributed by atoms with Crippen molar-refractivity contribution in [2.45, 2.75) is 43.2 Å². The number of thiophene rings is 1. The molecule has 0 spiro atoms. The molecule has 2 aromatic carbocycles. The van der Waals surface area contributed by atoms with Gasteiger partial charge in [0.1, 0.15) is 17.4 Å². The van der Waals surface area contributed by atoms with Crippen molar-refractivity contribution in [2.24, 2.45) is 0 Å². The summed E-state index contributed by atoms with van der Waals surface area (Å²) in [6.45, 7) is 0. The molecule has 5 rings (SSSR count). The van der Waals surface area contributed by atoms with Crippen LogP contribution in [-0.4, -0.2) is 25.0 Å². The van der Waals surface area contributed by atoms with Crippen LogP contribution < -0.4 is 15.4 Å². The average molecular weight is 457 g/mol. The molecule has 0 bridgehead atoms. The fourth-order valence-corrected chi connectivity index (χ4v) is 5.41. The number of hydrogen-bond acceptors (Lipinski definition) is 4. The number of ketones is 1. The maximum atomic E-state index is 14.6. The number of halogens is 2. The van der Waals surface area contributed by atoms with Crippen LogP contribution in [-0.2, 0) is 10.3 Å². The van der Waals surface area contributed by atoms with Gasteiger partial charge in [-0.15, -0.1) is 11.3 Å². The Morgan fingerprint density at radius 3 is 2.59 bits per heavy atom. The van der Waals surface area contributed by atoms with E-state index in [1.54, 1.807) is 11.3 Å². The molecular formula is C24H22F2N2O3S. The molecule has 2 atom stereocenters. The summed E-state index contributed by atoms with van der Waals surface area (Å²) in [5, 5.41) is 8.85. The third-order valence-electron chi connectivity index (χ3n) is 6.50. The second-order valence-electron chi connectivity index (χ2n) is 8.45. The van der Waals surface area contributed by atoms with E-state index in [4.69, 9.17) is 4.74 Å². The largest absolute Gasteiger partial charge is 0.497 e. The predicted molar refractivity (Wildman–Crippen MR) is 118 cm³/mol. The average Bonchev–Trinajstić information content (AvgIpc) is 3.24. The monoisotopic (exact) mass is 456 g/mol. The molecule has 0 saturated heterocycles. The molecule has 0 radical (unpaired) electrons. The van der Waals surface area contributed by atoms with Crippen molar-refractivity contribution in [2.75, 3.05) is 7.11 Å². The van der Waals surface area contributed by atoms with E-state index in [1.807, 2.05) is 23.6 Å². The molecule has 0 unspecified atom stereocenters. The summed E-state index contributed by atoms with van der Waals surface area (Å²) in [5.41, 5.74) is 0.347. The zero-order valence-electron chi connectivity index (χ0n) is 17.4. The number of amides is 2.